The molecular weight excluding hydrogens is 460 g/mol. The topological polar surface area (TPSA) is 78.1 Å². The number of benzene rings is 1. The lowest BCUT2D eigenvalue weighted by Crippen LogP contribution is -2.35. The molecule has 1 aliphatic rings. The van der Waals surface area contributed by atoms with Gasteiger partial charge in [0, 0.05) is 23.8 Å². The number of likely N-dealkylation sites (N-methyl/N-ethyl adjacent to an activating group) is 1. The Hall–Kier alpha value is -2.97. The van der Waals surface area contributed by atoms with Gasteiger partial charge in [0.2, 0.25) is 0 Å². The lowest BCUT2D eigenvalue weighted by atomic mass is 9.96. The van der Waals surface area contributed by atoms with Crippen LogP contribution in [0.2, 0.25) is 0 Å². The molecule has 0 spiro atoms. The number of aryl methyl sites for hydroxylation is 1. The van der Waals surface area contributed by atoms with Crippen molar-refractivity contribution in [2.24, 2.45) is 0 Å². The Morgan fingerprint density at radius 2 is 1.87 bits per heavy atom. The molecule has 7 nitrogen and oxygen atoms in total. The molecular formula is C23H23BrN4O3. The summed E-state index contributed by atoms with van der Waals surface area (Å²) in [4.78, 5) is 34.1. The van der Waals surface area contributed by atoms with Gasteiger partial charge in [0.1, 0.15) is 11.3 Å². The van der Waals surface area contributed by atoms with E-state index in [0.717, 1.165) is 10.0 Å². The zero-order chi connectivity index (χ0) is 22.3. The molecule has 1 aliphatic heterocycles. The van der Waals surface area contributed by atoms with Crippen molar-refractivity contribution < 1.29 is 14.7 Å². The first-order valence-corrected chi connectivity index (χ1v) is 10.7. The van der Waals surface area contributed by atoms with Crippen LogP contribution < -0.4 is 0 Å². The fraction of sp³-hybridized carbons (Fsp3) is 0.261. The van der Waals surface area contributed by atoms with Gasteiger partial charge >= 0.3 is 0 Å². The molecule has 160 valence electrons. The number of imidazole rings is 1. The Kier molecular flexibility index (Phi) is 5.68. The molecule has 1 atom stereocenters. The van der Waals surface area contributed by atoms with Gasteiger partial charge in [0.25, 0.3) is 11.7 Å². The average Bonchev–Trinajstić information content (AvgIpc) is 3.20. The number of halogens is 1. The molecule has 0 saturated carbocycles. The van der Waals surface area contributed by atoms with Gasteiger partial charge in [-0.25, -0.2) is 4.98 Å². The molecule has 1 amide bonds. The monoisotopic (exact) mass is 482 g/mol. The predicted octanol–water partition coefficient (Wildman–Crippen LogP) is 3.39. The highest BCUT2D eigenvalue weighted by Crippen LogP contribution is 2.40. The number of pyridine rings is 1. The van der Waals surface area contributed by atoms with Crippen LogP contribution in [0.4, 0.5) is 0 Å². The van der Waals surface area contributed by atoms with Gasteiger partial charge < -0.3 is 14.9 Å². The first-order chi connectivity index (χ1) is 14.8. The number of carbonyl (C=O) groups excluding carboxylic acids is 2. The summed E-state index contributed by atoms with van der Waals surface area (Å²) in [5.41, 5.74) is 2.50. The van der Waals surface area contributed by atoms with Crippen molar-refractivity contribution in [3.63, 3.8) is 0 Å². The van der Waals surface area contributed by atoms with Crippen LogP contribution in [0.3, 0.4) is 0 Å². The minimum absolute atomic E-state index is 0.0832. The number of aliphatic hydroxyl groups excluding tert-OH is 1. The van der Waals surface area contributed by atoms with Crippen molar-refractivity contribution >= 4 is 39.0 Å². The van der Waals surface area contributed by atoms with E-state index in [0.29, 0.717) is 30.1 Å². The van der Waals surface area contributed by atoms with E-state index in [1.54, 1.807) is 17.5 Å². The highest BCUT2D eigenvalue weighted by atomic mass is 79.9. The molecule has 3 heterocycles. The van der Waals surface area contributed by atoms with E-state index < -0.39 is 17.7 Å². The third kappa shape index (κ3) is 3.77. The number of Topliss-reactive ketones (excluding diaryl/α,β-unsaturated/α-hetero) is 1. The molecule has 3 aromatic rings. The second-order valence-corrected chi connectivity index (χ2v) is 8.74. The first kappa shape index (κ1) is 21.3. The van der Waals surface area contributed by atoms with Gasteiger partial charge in [-0.05, 0) is 50.8 Å². The molecule has 1 saturated heterocycles. The summed E-state index contributed by atoms with van der Waals surface area (Å²) in [6.45, 7) is 2.73. The summed E-state index contributed by atoms with van der Waals surface area (Å²) in [6.07, 6.45) is 1.78. The number of ketones is 1. The van der Waals surface area contributed by atoms with Gasteiger partial charge in [0.15, 0.2) is 5.76 Å². The quantitative estimate of drug-likeness (QED) is 0.342. The van der Waals surface area contributed by atoms with Crippen molar-refractivity contribution in [1.82, 2.24) is 19.2 Å². The van der Waals surface area contributed by atoms with Crippen molar-refractivity contribution in [3.8, 4) is 0 Å². The Morgan fingerprint density at radius 3 is 2.55 bits per heavy atom. The standard InChI is InChI=1S/C23H23BrN4O3/c1-14-19(27-11-5-4-6-17(27)25-14)21(29)18-20(15-7-9-16(24)10-8-15)28(13-12-26(2)3)23(31)22(18)30/h4-11,20,29H,12-13H2,1-3H3/t20-/m1/s1. The fourth-order valence-corrected chi connectivity index (χ4v) is 4.20. The van der Waals surface area contributed by atoms with Crippen LogP contribution in [0.15, 0.2) is 58.7 Å². The SMILES string of the molecule is Cc1nc2ccccn2c1C(O)=C1C(=O)C(=O)N(CCN(C)C)[C@@H]1c1ccc(Br)cc1. The van der Waals surface area contributed by atoms with Crippen molar-refractivity contribution in [3.05, 3.63) is 75.7 Å². The van der Waals surface area contributed by atoms with Crippen molar-refractivity contribution in [2.45, 2.75) is 13.0 Å². The fourth-order valence-electron chi connectivity index (χ4n) is 3.94. The third-order valence-corrected chi connectivity index (χ3v) is 5.97. The summed E-state index contributed by atoms with van der Waals surface area (Å²) < 4.78 is 2.62. The van der Waals surface area contributed by atoms with Gasteiger partial charge in [-0.2, -0.15) is 0 Å². The van der Waals surface area contributed by atoms with Crippen LogP contribution >= 0.6 is 15.9 Å². The highest BCUT2D eigenvalue weighted by molar-refractivity contribution is 9.10. The minimum Gasteiger partial charge on any atom is -0.505 e. The lowest BCUT2D eigenvalue weighted by Gasteiger charge is -2.26. The number of hydrogen-bond acceptors (Lipinski definition) is 5. The number of hydrogen-bond donors (Lipinski definition) is 1. The maximum Gasteiger partial charge on any atom is 0.295 e. The number of aliphatic hydroxyl groups is 1. The summed E-state index contributed by atoms with van der Waals surface area (Å²) in [5.74, 6) is -1.51. The number of likely N-dealkylation sites (tertiary alicyclic amines) is 1. The summed E-state index contributed by atoms with van der Waals surface area (Å²) in [5, 5.41) is 11.4. The number of carbonyl (C=O) groups is 2. The Labute approximate surface area is 188 Å². The molecule has 1 aromatic carbocycles. The predicted molar refractivity (Wildman–Crippen MR) is 122 cm³/mol. The van der Waals surface area contributed by atoms with Gasteiger partial charge in [-0.3, -0.25) is 14.0 Å². The minimum atomic E-state index is -0.686. The number of rotatable bonds is 5. The normalized spacial score (nSPS) is 18.5. The van der Waals surface area contributed by atoms with E-state index in [1.807, 2.05) is 61.5 Å². The van der Waals surface area contributed by atoms with Gasteiger partial charge in [-0.1, -0.05) is 34.1 Å². The van der Waals surface area contributed by atoms with Crippen molar-refractivity contribution in [1.29, 1.82) is 0 Å². The molecule has 0 radical (unpaired) electrons. The number of aromatic nitrogens is 2. The van der Waals surface area contributed by atoms with E-state index in [4.69, 9.17) is 0 Å². The molecule has 8 heteroatoms. The summed E-state index contributed by atoms with van der Waals surface area (Å²) in [6, 6.07) is 12.3. The summed E-state index contributed by atoms with van der Waals surface area (Å²) >= 11 is 3.43. The molecule has 1 N–H and O–H groups in total. The van der Waals surface area contributed by atoms with Crippen LogP contribution in [0.1, 0.15) is 23.0 Å². The van der Waals surface area contributed by atoms with E-state index in [2.05, 4.69) is 20.9 Å². The van der Waals surface area contributed by atoms with E-state index in [9.17, 15) is 14.7 Å². The third-order valence-electron chi connectivity index (χ3n) is 5.44. The first-order valence-electron chi connectivity index (χ1n) is 9.92. The molecule has 2 aromatic heterocycles. The second-order valence-electron chi connectivity index (χ2n) is 7.82. The molecule has 0 aliphatic carbocycles. The molecule has 31 heavy (non-hydrogen) atoms. The maximum absolute atomic E-state index is 13.1. The molecule has 0 bridgehead atoms. The number of fused-ring (bicyclic) bond motifs is 1. The largest absolute Gasteiger partial charge is 0.505 e. The van der Waals surface area contributed by atoms with Crippen LogP contribution in [0.25, 0.3) is 11.4 Å². The van der Waals surface area contributed by atoms with E-state index in [1.165, 1.54) is 4.90 Å². The molecule has 4 rings (SSSR count). The number of nitrogens with zero attached hydrogens (tertiary/aromatic N) is 4. The zero-order valence-corrected chi connectivity index (χ0v) is 19.1. The van der Waals surface area contributed by atoms with Crippen LogP contribution in [-0.2, 0) is 9.59 Å². The lowest BCUT2D eigenvalue weighted by molar-refractivity contribution is -0.140. The smallest absolute Gasteiger partial charge is 0.295 e. The van der Waals surface area contributed by atoms with E-state index >= 15 is 0 Å². The van der Waals surface area contributed by atoms with Crippen LogP contribution in [0, 0.1) is 6.92 Å². The average molecular weight is 483 g/mol. The number of amides is 1. The van der Waals surface area contributed by atoms with Gasteiger partial charge in [0.05, 0.1) is 17.3 Å². The highest BCUT2D eigenvalue weighted by Gasteiger charge is 2.46. The molecule has 0 unspecified atom stereocenters. The second kappa shape index (κ2) is 8.28. The van der Waals surface area contributed by atoms with Crippen LogP contribution in [0.5, 0.6) is 0 Å². The van der Waals surface area contributed by atoms with Crippen molar-refractivity contribution in [2.75, 3.05) is 27.2 Å². The Morgan fingerprint density at radius 1 is 1.16 bits per heavy atom. The Balaban J connectivity index is 1.92. The Bertz CT molecular complexity index is 1200. The van der Waals surface area contributed by atoms with Crippen LogP contribution in [-0.4, -0.2) is 63.2 Å². The summed E-state index contributed by atoms with van der Waals surface area (Å²) in [7, 11) is 3.82. The maximum atomic E-state index is 13.1. The van der Waals surface area contributed by atoms with E-state index in [-0.39, 0.29) is 11.3 Å². The van der Waals surface area contributed by atoms with Gasteiger partial charge in [-0.15, -0.1) is 0 Å². The molecule has 1 fully saturated rings. The zero-order valence-electron chi connectivity index (χ0n) is 17.5.